The van der Waals surface area contributed by atoms with Crippen LogP contribution in [0.2, 0.25) is 0 Å². The highest BCUT2D eigenvalue weighted by Crippen LogP contribution is 2.33. The highest BCUT2D eigenvalue weighted by Gasteiger charge is 2.27. The van der Waals surface area contributed by atoms with Gasteiger partial charge in [0.25, 0.3) is 10.0 Å². The molecule has 0 saturated carbocycles. The van der Waals surface area contributed by atoms with Gasteiger partial charge in [-0.15, -0.1) is 11.3 Å². The maximum Gasteiger partial charge on any atom is 0.420 e. The number of aromatic nitrogens is 3. The van der Waals surface area contributed by atoms with Gasteiger partial charge in [-0.1, -0.05) is 37.8 Å². The molecule has 8 nitrogen and oxygen atoms in total. The van der Waals surface area contributed by atoms with Crippen molar-refractivity contribution in [2.45, 2.75) is 37.4 Å². The van der Waals surface area contributed by atoms with E-state index in [2.05, 4.69) is 21.3 Å². The molecule has 0 aliphatic rings. The summed E-state index contributed by atoms with van der Waals surface area (Å²) < 4.78 is 33.8. The van der Waals surface area contributed by atoms with E-state index >= 15 is 0 Å². The molecule has 0 bridgehead atoms. The molecule has 2 aromatic heterocycles. The van der Waals surface area contributed by atoms with E-state index in [0.29, 0.717) is 29.2 Å². The SMILES string of the molecule is C=C(C)c1nccn1Cc1ccc(-c2nc(CCC)sc2S(=O)(=O)NC(=O)OC)cc1. The van der Waals surface area contributed by atoms with E-state index in [1.807, 2.05) is 53.6 Å². The van der Waals surface area contributed by atoms with Gasteiger partial charge in [0.15, 0.2) is 4.21 Å². The molecule has 3 rings (SSSR count). The highest BCUT2D eigenvalue weighted by atomic mass is 32.2. The quantitative estimate of drug-likeness (QED) is 0.543. The Hall–Kier alpha value is -2.98. The number of thiazole rings is 1. The Morgan fingerprint density at radius 3 is 2.61 bits per heavy atom. The number of nitrogens with zero attached hydrogens (tertiary/aromatic N) is 3. The predicted molar refractivity (Wildman–Crippen MR) is 120 cm³/mol. The molecule has 1 amide bonds. The zero-order valence-electron chi connectivity index (χ0n) is 17.6. The second-order valence-electron chi connectivity index (χ2n) is 6.95. The van der Waals surface area contributed by atoms with Crippen LogP contribution in [0, 0.1) is 0 Å². The fourth-order valence-corrected chi connectivity index (χ4v) is 5.59. The monoisotopic (exact) mass is 460 g/mol. The van der Waals surface area contributed by atoms with Crippen molar-refractivity contribution in [3.05, 3.63) is 59.6 Å². The Morgan fingerprint density at radius 1 is 1.29 bits per heavy atom. The van der Waals surface area contributed by atoms with Crippen molar-refractivity contribution in [2.24, 2.45) is 0 Å². The van der Waals surface area contributed by atoms with E-state index in [1.165, 1.54) is 0 Å². The lowest BCUT2D eigenvalue weighted by Gasteiger charge is -2.09. The fourth-order valence-electron chi connectivity index (χ4n) is 3.01. The van der Waals surface area contributed by atoms with Gasteiger partial charge in [0.05, 0.1) is 12.1 Å². The average Bonchev–Trinajstić information content (AvgIpc) is 3.36. The minimum atomic E-state index is -4.10. The fraction of sp³-hybridized carbons (Fsp3) is 0.286. The molecule has 0 atom stereocenters. The van der Waals surface area contributed by atoms with E-state index in [-0.39, 0.29) is 4.21 Å². The molecule has 0 unspecified atom stereocenters. The van der Waals surface area contributed by atoms with Gasteiger partial charge in [0, 0.05) is 24.5 Å². The van der Waals surface area contributed by atoms with Crippen molar-refractivity contribution < 1.29 is 17.9 Å². The molecule has 164 valence electrons. The molecule has 0 fully saturated rings. The van der Waals surface area contributed by atoms with Crippen LogP contribution >= 0.6 is 11.3 Å². The summed E-state index contributed by atoms with van der Waals surface area (Å²) in [6.45, 7) is 8.45. The molecule has 31 heavy (non-hydrogen) atoms. The zero-order valence-corrected chi connectivity index (χ0v) is 19.2. The average molecular weight is 461 g/mol. The first-order valence-electron chi connectivity index (χ1n) is 9.62. The van der Waals surface area contributed by atoms with E-state index < -0.39 is 16.1 Å². The third-order valence-electron chi connectivity index (χ3n) is 4.43. The van der Waals surface area contributed by atoms with Crippen LogP contribution in [0.1, 0.15) is 36.7 Å². The first-order chi connectivity index (χ1) is 14.7. The number of hydrogen-bond donors (Lipinski definition) is 1. The van der Waals surface area contributed by atoms with Gasteiger partial charge in [-0.2, -0.15) is 0 Å². The molecule has 0 aliphatic carbocycles. The molecule has 0 aliphatic heterocycles. The second kappa shape index (κ2) is 9.44. The number of benzene rings is 1. The van der Waals surface area contributed by atoms with Gasteiger partial charge in [-0.05, 0) is 30.9 Å². The van der Waals surface area contributed by atoms with Crippen LogP contribution in [0.25, 0.3) is 16.8 Å². The van der Waals surface area contributed by atoms with Gasteiger partial charge < -0.3 is 9.30 Å². The maximum atomic E-state index is 12.7. The first-order valence-corrected chi connectivity index (χ1v) is 11.9. The van der Waals surface area contributed by atoms with Gasteiger partial charge in [-0.3, -0.25) is 0 Å². The number of ether oxygens (including phenoxy) is 1. The predicted octanol–water partition coefficient (Wildman–Crippen LogP) is 4.09. The minimum absolute atomic E-state index is 0.00622. The Labute approximate surface area is 185 Å². The van der Waals surface area contributed by atoms with Crippen LogP contribution in [-0.4, -0.2) is 36.2 Å². The van der Waals surface area contributed by atoms with Crippen LogP contribution in [0.4, 0.5) is 4.79 Å². The number of nitrogens with one attached hydrogen (secondary N) is 1. The molecule has 1 aromatic carbocycles. The van der Waals surface area contributed by atoms with Crippen molar-refractivity contribution >= 4 is 33.0 Å². The summed E-state index contributed by atoms with van der Waals surface area (Å²) in [4.78, 5) is 20.4. The lowest BCUT2D eigenvalue weighted by Crippen LogP contribution is -2.30. The van der Waals surface area contributed by atoms with Gasteiger partial charge >= 0.3 is 6.09 Å². The number of imidazole rings is 1. The third kappa shape index (κ3) is 5.20. The van der Waals surface area contributed by atoms with E-state index in [0.717, 1.165) is 41.8 Å². The summed E-state index contributed by atoms with van der Waals surface area (Å²) in [5.74, 6) is 0.815. The Morgan fingerprint density at radius 2 is 2.00 bits per heavy atom. The minimum Gasteiger partial charge on any atom is -0.452 e. The van der Waals surface area contributed by atoms with Crippen LogP contribution in [0.15, 0.2) is 47.4 Å². The maximum absolute atomic E-state index is 12.7. The number of hydrogen-bond acceptors (Lipinski definition) is 7. The Balaban J connectivity index is 1.94. The van der Waals surface area contributed by atoms with E-state index in [9.17, 15) is 13.2 Å². The molecule has 0 saturated heterocycles. The largest absolute Gasteiger partial charge is 0.452 e. The summed E-state index contributed by atoms with van der Waals surface area (Å²) in [7, 11) is -2.99. The van der Waals surface area contributed by atoms with Crippen LogP contribution < -0.4 is 4.72 Å². The summed E-state index contributed by atoms with van der Waals surface area (Å²) in [6, 6.07) is 7.49. The topological polar surface area (TPSA) is 103 Å². The van der Waals surface area contributed by atoms with Gasteiger partial charge in [0.1, 0.15) is 11.5 Å². The first kappa shape index (κ1) is 22.7. The number of sulfonamides is 1. The molecular weight excluding hydrogens is 436 g/mol. The number of aryl methyl sites for hydroxylation is 1. The van der Waals surface area contributed by atoms with Crippen LogP contribution in [0.5, 0.6) is 0 Å². The third-order valence-corrected chi connectivity index (χ3v) is 7.36. The second-order valence-corrected chi connectivity index (χ2v) is 9.91. The Kier molecular flexibility index (Phi) is 6.91. The Bertz CT molecular complexity index is 1190. The number of allylic oxidation sites excluding steroid dienone is 1. The van der Waals surface area contributed by atoms with Gasteiger partial charge in [-0.25, -0.2) is 27.9 Å². The lowest BCUT2D eigenvalue weighted by molar-refractivity contribution is 0.177. The normalized spacial score (nSPS) is 11.3. The summed E-state index contributed by atoms with van der Waals surface area (Å²) in [5.41, 5.74) is 2.87. The molecule has 0 spiro atoms. The molecule has 3 aromatic rings. The molecule has 1 N–H and O–H groups in total. The molecule has 10 heteroatoms. The van der Waals surface area contributed by atoms with Crippen molar-refractivity contribution in [3.8, 4) is 11.3 Å². The molecule has 2 heterocycles. The molecule has 0 radical (unpaired) electrons. The standard InChI is InChI=1S/C21H24N4O4S2/c1-5-6-17-23-18(20(30-17)31(27,28)24-21(26)29-4)16-9-7-15(8-10-16)13-25-12-11-22-19(25)14(2)3/h7-12H,2,5-6,13H2,1,3-4H3,(H,24,26). The number of carbonyl (C=O) groups excluding carboxylic acids is 1. The summed E-state index contributed by atoms with van der Waals surface area (Å²) in [5, 5.41) is 0.691. The zero-order chi connectivity index (χ0) is 22.6. The highest BCUT2D eigenvalue weighted by molar-refractivity contribution is 7.92. The summed E-state index contributed by atoms with van der Waals surface area (Å²) >= 11 is 1.06. The van der Waals surface area contributed by atoms with E-state index in [4.69, 9.17) is 0 Å². The van der Waals surface area contributed by atoms with Crippen molar-refractivity contribution in [1.29, 1.82) is 0 Å². The lowest BCUT2D eigenvalue weighted by atomic mass is 10.1. The number of carbonyl (C=O) groups is 1. The van der Waals surface area contributed by atoms with Crippen molar-refractivity contribution in [3.63, 3.8) is 0 Å². The van der Waals surface area contributed by atoms with Gasteiger partial charge in [0.2, 0.25) is 0 Å². The van der Waals surface area contributed by atoms with E-state index in [1.54, 1.807) is 6.20 Å². The summed E-state index contributed by atoms with van der Waals surface area (Å²) in [6.07, 6.45) is 4.05. The van der Waals surface area contributed by atoms with Crippen molar-refractivity contribution in [1.82, 2.24) is 19.3 Å². The van der Waals surface area contributed by atoms with Crippen LogP contribution in [0.3, 0.4) is 0 Å². The smallest absolute Gasteiger partial charge is 0.420 e. The number of methoxy groups -OCH3 is 1. The van der Waals surface area contributed by atoms with Crippen LogP contribution in [-0.2, 0) is 27.7 Å². The van der Waals surface area contributed by atoms with Crippen molar-refractivity contribution in [2.75, 3.05) is 7.11 Å². The number of amides is 1. The molecular formula is C21H24N4O4S2. The number of rotatable bonds is 8.